The second-order valence-corrected chi connectivity index (χ2v) is 37.3. The fraction of sp³-hybridized carbons (Fsp3) is 0.400. The highest BCUT2D eigenvalue weighted by atomic mass is 35.5. The highest BCUT2D eigenvalue weighted by Crippen LogP contribution is 2.39. The zero-order valence-corrected chi connectivity index (χ0v) is 80.5. The third kappa shape index (κ3) is 33.8. The molecule has 0 fully saturated rings. The molecule has 0 amide bonds. The monoisotopic (exact) mass is 2210 g/mol. The standard InChI is InChI=1S/6C15H17ClFNO4S/c6*1-2-22-15(19)11-5-3-4-6-14(11)23(20,21)18-13-8-7-10(17)9-12(13)16/h6*5,7-9,14,18H,2-4,6H2,1H3/t6*14-/m111111/s1/i5D,6D2,7D,8D,9D,14D;3D2,6D2,7D,8D,9D,14D;3D2,5D,6D2,7D,8D,9D;6D2,7D,8D,9D,14D;5D,6D2,7D,8D,9D;3D2,6D2,7D,8D,9D/hD6. The predicted molar refractivity (Wildman–Crippen MR) is 518 cm³/mol. The van der Waals surface area contributed by atoms with Crippen LogP contribution in [0.15, 0.2) is 179 Å². The lowest BCUT2D eigenvalue weighted by atomic mass is 9.99. The molecular formula is C90H102Cl6F6N6O24S6. The summed E-state index contributed by atoms with van der Waals surface area (Å²) < 4.78 is 646. The van der Waals surface area contributed by atoms with Crippen molar-refractivity contribution in [1.82, 2.24) is 0 Å². The zero-order chi connectivity index (χ0) is 145. The minimum Gasteiger partial charge on any atom is -0.463 e. The Bertz CT molecular complexity index is 8890. The average Bonchev–Trinajstić information content (AvgIpc) is 0.694. The van der Waals surface area contributed by atoms with Crippen molar-refractivity contribution < 1.29 is 200 Å². The quantitative estimate of drug-likeness (QED) is 0.0139. The normalized spacial score (nSPS) is 28.3. The minimum absolute atomic E-state index is 0.0793. The van der Waals surface area contributed by atoms with Crippen molar-refractivity contribution in [2.75, 3.05) is 67.9 Å². The molecule has 0 aromatic heterocycles. The second-order valence-electron chi connectivity index (χ2n) is 25.3. The van der Waals surface area contributed by atoms with E-state index in [0.717, 1.165) is 6.08 Å². The van der Waals surface area contributed by atoms with Gasteiger partial charge in [0.25, 0.3) is 0 Å². The van der Waals surface area contributed by atoms with Crippen LogP contribution in [0.25, 0.3) is 0 Å². The minimum atomic E-state index is -5.71. The van der Waals surface area contributed by atoms with Crippen molar-refractivity contribution >= 4 is 200 Å². The molecule has 0 unspecified atom stereocenters. The number of esters is 6. The van der Waals surface area contributed by atoms with Gasteiger partial charge in [-0.25, -0.2) is 106 Å². The molecule has 48 heteroatoms. The summed E-state index contributed by atoms with van der Waals surface area (Å²) in [7, 11) is -32.8. The van der Waals surface area contributed by atoms with E-state index in [1.54, 1.807) is 0 Å². The Morgan fingerprint density at radius 2 is 0.522 bits per heavy atom. The molecule has 0 heterocycles. The summed E-state index contributed by atoms with van der Waals surface area (Å²) in [5, 5.41) is -24.1. The fourth-order valence-corrected chi connectivity index (χ4v) is 19.0. The zero-order valence-electron chi connectivity index (χ0n) is 119. The molecule has 6 atom stereocenters. The summed E-state index contributed by atoms with van der Waals surface area (Å²) in [6.45, 7) is 6.76. The van der Waals surface area contributed by atoms with Crippen LogP contribution in [0.4, 0.5) is 60.5 Å². The molecule has 6 aromatic rings. The van der Waals surface area contributed by atoms with Gasteiger partial charge in [0, 0.05) is 24.7 Å². The summed E-state index contributed by atoms with van der Waals surface area (Å²) in [6, 6.07) is -23.7. The van der Waals surface area contributed by atoms with Crippen LogP contribution < -0.4 is 28.3 Å². The maximum absolute atomic E-state index is 13.9. The molecular weight excluding hydrogens is 2070 g/mol. The highest BCUT2D eigenvalue weighted by molar-refractivity contribution is 7.95. The number of rotatable bonds is 30. The molecule has 30 nitrogen and oxygen atoms in total. The van der Waals surface area contributed by atoms with Gasteiger partial charge in [0.2, 0.25) is 60.1 Å². The SMILES string of the molecule is [2H]C1=C(C(=O)OCC)[C@H](S(=O)(=O)N([2H])c2c([2H])c([2H])c(F)c([2H])c2Cl)C([2H])([2H])CC1.[2H]C1=C(C(=O)OCC)[C@H](S(=O)(=O)N([2H])c2c([2H])c([2H])c(F)c([2H])c2Cl)C([2H])([2H])CC1([2H])[2H].[2H]C1=C(C(=O)OCC)[C@]([2H])(S(=O)(=O)N([2H])c2c([2H])c([2H])c(F)c([2H])c2Cl)C([2H])([2H])CC1.[2H]c1c([2H])c(N([2H])S(=O)(=O)[C@@]2([2H])C(C(=O)OCC)=CC([2H])([2H])CC2([2H])[2H])c(Cl)c([2H])c1F.[2H]c1c([2H])c(N([2H])S(=O)(=O)[C@@]2([2H])C(C(=O)OCC)=CCCC2([2H])[2H])c(Cl)c([2H])c1F.[2H]c1c([2H])c(N([2H])S(=O)(=O)[C@H]2C(C(=O)OCC)=CC([2H])([2H])CC2([2H])[2H])c(Cl)c([2H])c1F. The largest absolute Gasteiger partial charge is 0.463 e. The summed E-state index contributed by atoms with van der Waals surface area (Å²) in [5.41, 5.74) is -12.9. The van der Waals surface area contributed by atoms with E-state index in [1.165, 1.54) is 41.5 Å². The van der Waals surface area contributed by atoms with Crippen LogP contribution in [-0.4, -0.2) is 157 Å². The van der Waals surface area contributed by atoms with Crippen LogP contribution in [0, 0.1) is 34.9 Å². The predicted octanol–water partition coefficient (Wildman–Crippen LogP) is 19.6. The molecule has 0 bridgehead atoms. The number of hydrogen-bond acceptors (Lipinski definition) is 24. The van der Waals surface area contributed by atoms with E-state index in [9.17, 15) is 106 Å². The van der Waals surface area contributed by atoms with Crippen molar-refractivity contribution in [3.8, 4) is 0 Å². The Balaban J connectivity index is 0.000000297. The van der Waals surface area contributed by atoms with Gasteiger partial charge in [0.1, 0.15) is 66.3 Å². The van der Waals surface area contributed by atoms with E-state index in [1.807, 2.05) is 0 Å². The molecule has 6 aromatic carbocycles. The van der Waals surface area contributed by atoms with E-state index >= 15 is 0 Å². The van der Waals surface area contributed by atoms with Crippen LogP contribution in [0.2, 0.25) is 38.6 Å². The van der Waals surface area contributed by atoms with E-state index in [-0.39, 0.29) is 58.9 Å². The van der Waals surface area contributed by atoms with Crippen LogP contribution >= 0.6 is 69.6 Å². The summed E-state index contributed by atoms with van der Waals surface area (Å²) in [6.07, 6.45) is -29.1. The van der Waals surface area contributed by atoms with Gasteiger partial charge in [0.05, 0.1) is 170 Å². The lowest BCUT2D eigenvalue weighted by Crippen LogP contribution is -2.34. The number of benzene rings is 6. The molecule has 0 saturated heterocycles. The Kier molecular flexibility index (Phi) is 24.4. The van der Waals surface area contributed by atoms with E-state index in [0.29, 0.717) is 12.2 Å². The Hall–Kier alpha value is -9.60. The van der Waals surface area contributed by atoms with E-state index in [4.69, 9.17) is 155 Å². The summed E-state index contributed by atoms with van der Waals surface area (Å²) >= 11 is 34.6. The molecule has 0 radical (unpaired) electrons. The van der Waals surface area contributed by atoms with Gasteiger partial charge in [-0.3, -0.25) is 28.3 Å². The lowest BCUT2D eigenvalue weighted by Gasteiger charge is -2.24. The first-order valence-electron chi connectivity index (χ1n) is 62.1. The number of halogens is 12. The third-order valence-corrected chi connectivity index (χ3v) is 25.7. The first-order chi connectivity index (χ1) is 84.2. The van der Waals surface area contributed by atoms with E-state index < -0.39 is 511 Å². The average molecular weight is 2220 g/mol. The molecule has 756 valence electrons. The van der Waals surface area contributed by atoms with Crippen LogP contribution in [-0.2, 0) is 117 Å². The number of carbonyl (C=O) groups is 6. The van der Waals surface area contributed by atoms with Crippen molar-refractivity contribution in [3.63, 3.8) is 0 Å². The smallest absolute Gasteiger partial charge is 0.335 e. The van der Waals surface area contributed by atoms with Crippen molar-refractivity contribution in [2.45, 2.75) is 188 Å². The van der Waals surface area contributed by atoms with Crippen LogP contribution in [0.1, 0.15) is 214 Å². The number of anilines is 6. The molecule has 12 rings (SSSR count). The van der Waals surface area contributed by atoms with Crippen molar-refractivity contribution in [2.24, 2.45) is 0 Å². The fourth-order valence-electron chi connectivity index (χ4n) is 10.4. The molecule has 0 spiro atoms. The van der Waals surface area contributed by atoms with Gasteiger partial charge in [-0.05, 0) is 265 Å². The molecule has 138 heavy (non-hydrogen) atoms. The van der Waals surface area contributed by atoms with Gasteiger partial charge in [-0.2, -0.15) is 0 Å². The van der Waals surface area contributed by atoms with Crippen LogP contribution in [0.3, 0.4) is 0 Å². The Morgan fingerprint density at radius 3 is 0.848 bits per heavy atom. The number of sulfonamides is 6. The lowest BCUT2D eigenvalue weighted by molar-refractivity contribution is -0.139. The molecule has 6 aliphatic rings. The van der Waals surface area contributed by atoms with Gasteiger partial charge < -0.3 is 28.4 Å². The van der Waals surface area contributed by atoms with Gasteiger partial charge in [0.15, 0.2) is 8.47 Å². The Labute approximate surface area is 895 Å². The van der Waals surface area contributed by atoms with Gasteiger partial charge in [-0.1, -0.05) is 106 Å². The maximum atomic E-state index is 13.9. The maximum Gasteiger partial charge on any atom is 0.335 e. The first kappa shape index (κ1) is 62.6. The number of hydrogen-bond donors (Lipinski definition) is 6. The summed E-state index contributed by atoms with van der Waals surface area (Å²) in [4.78, 5) is 74.2. The van der Waals surface area contributed by atoms with Gasteiger partial charge in [-0.15, -0.1) is 0 Å². The number of nitrogens with one attached hydrogen (secondary N) is 6. The number of carbonyl (C=O) groups excluding carboxylic acids is 6. The van der Waals surface area contributed by atoms with Crippen molar-refractivity contribution in [3.05, 3.63) is 244 Å². The summed E-state index contributed by atoms with van der Waals surface area (Å²) in [5.74, 6) is -17.5. The van der Waals surface area contributed by atoms with Crippen LogP contribution in [0.5, 0.6) is 0 Å². The molecule has 6 aliphatic carbocycles. The molecule has 0 aliphatic heterocycles. The first-order valence-corrected chi connectivity index (χ1v) is 49.5. The second kappa shape index (κ2) is 53.9. The number of allylic oxidation sites excluding steroid dienone is 6. The Morgan fingerprint density at radius 1 is 0.304 bits per heavy atom. The number of ether oxygens (including phenoxy) is 6. The topological polar surface area (TPSA) is 435 Å². The van der Waals surface area contributed by atoms with Gasteiger partial charge >= 0.3 is 35.8 Å². The highest BCUT2D eigenvalue weighted by Gasteiger charge is 2.42. The van der Waals surface area contributed by atoms with E-state index in [2.05, 4.69) is 9.47 Å². The molecule has 0 saturated carbocycles. The molecule has 6 N–H and O–H groups in total. The third-order valence-electron chi connectivity index (χ3n) is 15.9. The van der Waals surface area contributed by atoms with Crippen molar-refractivity contribution in [1.29, 1.82) is 0 Å².